The monoisotopic (exact) mass is 344 g/mol. The first-order valence-electron chi connectivity index (χ1n) is 5.34. The van der Waals surface area contributed by atoms with Gasteiger partial charge in [0.05, 0.1) is 16.1 Å². The van der Waals surface area contributed by atoms with Gasteiger partial charge in [0.15, 0.2) is 0 Å². The molecular formula is C13H11BrCl2N2. The standard InChI is InChI=1S/C13H11BrCl2N2/c1-17-13(9-4-10(14)7-18-6-9)8-2-3-11(15)12(16)5-8/h2-7,13,17H,1H3. The third-order valence-electron chi connectivity index (χ3n) is 2.63. The van der Waals surface area contributed by atoms with Gasteiger partial charge in [0, 0.05) is 16.9 Å². The highest BCUT2D eigenvalue weighted by Crippen LogP contribution is 2.29. The van der Waals surface area contributed by atoms with Gasteiger partial charge < -0.3 is 5.32 Å². The number of nitrogens with one attached hydrogen (secondary N) is 1. The molecule has 2 nitrogen and oxygen atoms in total. The molecule has 1 N–H and O–H groups in total. The molecular weight excluding hydrogens is 335 g/mol. The van der Waals surface area contributed by atoms with Crippen LogP contribution in [0.1, 0.15) is 17.2 Å². The summed E-state index contributed by atoms with van der Waals surface area (Å²) >= 11 is 15.4. The van der Waals surface area contributed by atoms with Gasteiger partial charge in [-0.2, -0.15) is 0 Å². The van der Waals surface area contributed by atoms with E-state index in [1.807, 2.05) is 31.4 Å². The normalized spacial score (nSPS) is 12.4. The van der Waals surface area contributed by atoms with Crippen LogP contribution < -0.4 is 5.32 Å². The zero-order chi connectivity index (χ0) is 13.1. The highest BCUT2D eigenvalue weighted by atomic mass is 79.9. The lowest BCUT2D eigenvalue weighted by Gasteiger charge is -2.17. The van der Waals surface area contributed by atoms with E-state index in [-0.39, 0.29) is 6.04 Å². The van der Waals surface area contributed by atoms with Crippen molar-refractivity contribution in [1.82, 2.24) is 10.3 Å². The molecule has 0 saturated heterocycles. The summed E-state index contributed by atoms with van der Waals surface area (Å²) < 4.78 is 0.945. The van der Waals surface area contributed by atoms with Gasteiger partial charge >= 0.3 is 0 Å². The van der Waals surface area contributed by atoms with Crippen LogP contribution in [-0.4, -0.2) is 12.0 Å². The molecule has 0 bridgehead atoms. The average Bonchev–Trinajstić information content (AvgIpc) is 2.35. The molecule has 5 heteroatoms. The molecule has 1 aromatic heterocycles. The van der Waals surface area contributed by atoms with Crippen LogP contribution in [0.25, 0.3) is 0 Å². The molecule has 18 heavy (non-hydrogen) atoms. The molecule has 0 aliphatic heterocycles. The summed E-state index contributed by atoms with van der Waals surface area (Å²) in [6.07, 6.45) is 3.58. The second-order valence-corrected chi connectivity index (χ2v) is 5.56. The maximum absolute atomic E-state index is 6.05. The maximum atomic E-state index is 6.05. The third-order valence-corrected chi connectivity index (χ3v) is 3.80. The summed E-state index contributed by atoms with van der Waals surface area (Å²) in [7, 11) is 1.90. The van der Waals surface area contributed by atoms with E-state index in [4.69, 9.17) is 23.2 Å². The Bertz CT molecular complexity index is 560. The van der Waals surface area contributed by atoms with Crippen LogP contribution in [0, 0.1) is 0 Å². The third kappa shape index (κ3) is 3.04. The van der Waals surface area contributed by atoms with Gasteiger partial charge in [-0.25, -0.2) is 0 Å². The van der Waals surface area contributed by atoms with E-state index < -0.39 is 0 Å². The lowest BCUT2D eigenvalue weighted by Crippen LogP contribution is -2.17. The molecule has 0 fully saturated rings. The van der Waals surface area contributed by atoms with Crippen LogP contribution in [0.3, 0.4) is 0 Å². The fraction of sp³-hybridized carbons (Fsp3) is 0.154. The number of pyridine rings is 1. The number of benzene rings is 1. The first kappa shape index (κ1) is 13.8. The van der Waals surface area contributed by atoms with Crippen molar-refractivity contribution in [2.24, 2.45) is 0 Å². The van der Waals surface area contributed by atoms with Crippen LogP contribution >= 0.6 is 39.1 Å². The molecule has 0 radical (unpaired) electrons. The van der Waals surface area contributed by atoms with Crippen LogP contribution in [0.4, 0.5) is 0 Å². The summed E-state index contributed by atoms with van der Waals surface area (Å²) in [6, 6.07) is 7.68. The average molecular weight is 346 g/mol. The van der Waals surface area contributed by atoms with Crippen LogP contribution in [0.5, 0.6) is 0 Å². The van der Waals surface area contributed by atoms with Gasteiger partial charge in [-0.3, -0.25) is 4.98 Å². The fourth-order valence-electron chi connectivity index (χ4n) is 1.80. The van der Waals surface area contributed by atoms with E-state index in [2.05, 4.69) is 26.2 Å². The minimum atomic E-state index is 0.0322. The van der Waals surface area contributed by atoms with Gasteiger partial charge in [-0.1, -0.05) is 29.3 Å². The van der Waals surface area contributed by atoms with Crippen molar-refractivity contribution in [2.75, 3.05) is 7.05 Å². The quantitative estimate of drug-likeness (QED) is 0.888. The number of aromatic nitrogens is 1. The van der Waals surface area contributed by atoms with Crippen LogP contribution in [0.15, 0.2) is 41.1 Å². The van der Waals surface area contributed by atoms with Crippen molar-refractivity contribution in [2.45, 2.75) is 6.04 Å². The van der Waals surface area contributed by atoms with E-state index in [9.17, 15) is 0 Å². The molecule has 2 rings (SSSR count). The number of nitrogens with zero attached hydrogens (tertiary/aromatic N) is 1. The fourth-order valence-corrected chi connectivity index (χ4v) is 2.49. The Morgan fingerprint density at radius 3 is 2.50 bits per heavy atom. The number of hydrogen-bond donors (Lipinski definition) is 1. The highest BCUT2D eigenvalue weighted by Gasteiger charge is 2.13. The molecule has 94 valence electrons. The van der Waals surface area contributed by atoms with Gasteiger partial charge in [0.1, 0.15) is 0 Å². The number of rotatable bonds is 3. The molecule has 0 spiro atoms. The predicted molar refractivity (Wildman–Crippen MR) is 79.3 cm³/mol. The Morgan fingerprint density at radius 1 is 1.11 bits per heavy atom. The molecule has 0 aliphatic rings. The Hall–Kier alpha value is -0.610. The summed E-state index contributed by atoms with van der Waals surface area (Å²) in [6.45, 7) is 0. The first-order valence-corrected chi connectivity index (χ1v) is 6.89. The van der Waals surface area contributed by atoms with Crippen LogP contribution in [-0.2, 0) is 0 Å². The van der Waals surface area contributed by atoms with Crippen molar-refractivity contribution in [3.63, 3.8) is 0 Å². The van der Waals surface area contributed by atoms with E-state index in [1.165, 1.54) is 0 Å². The lowest BCUT2D eigenvalue weighted by atomic mass is 10.0. The molecule has 1 aromatic carbocycles. The SMILES string of the molecule is CNC(c1cncc(Br)c1)c1ccc(Cl)c(Cl)c1. The second-order valence-electron chi connectivity index (χ2n) is 3.83. The Balaban J connectivity index is 2.42. The molecule has 2 aromatic rings. The van der Waals surface area contributed by atoms with E-state index in [0.29, 0.717) is 10.0 Å². The Kier molecular flexibility index (Phi) is 4.62. The van der Waals surface area contributed by atoms with E-state index in [0.717, 1.165) is 15.6 Å². The molecule has 1 atom stereocenters. The summed E-state index contributed by atoms with van der Waals surface area (Å²) in [5, 5.41) is 4.36. The van der Waals surface area contributed by atoms with Crippen molar-refractivity contribution in [1.29, 1.82) is 0 Å². The molecule has 0 saturated carbocycles. The smallest absolute Gasteiger partial charge is 0.0595 e. The summed E-state index contributed by atoms with van der Waals surface area (Å²) in [4.78, 5) is 4.17. The topological polar surface area (TPSA) is 24.9 Å². The van der Waals surface area contributed by atoms with Gasteiger partial charge in [-0.05, 0) is 52.3 Å². The molecule has 1 unspecified atom stereocenters. The van der Waals surface area contributed by atoms with Crippen LogP contribution in [0.2, 0.25) is 10.0 Å². The zero-order valence-electron chi connectivity index (χ0n) is 9.62. The maximum Gasteiger partial charge on any atom is 0.0595 e. The summed E-state index contributed by atoms with van der Waals surface area (Å²) in [5.41, 5.74) is 2.11. The van der Waals surface area contributed by atoms with Crippen molar-refractivity contribution >= 4 is 39.1 Å². The van der Waals surface area contributed by atoms with Crippen molar-refractivity contribution < 1.29 is 0 Å². The zero-order valence-corrected chi connectivity index (χ0v) is 12.7. The minimum Gasteiger partial charge on any atom is -0.309 e. The second kappa shape index (κ2) is 6.02. The molecule has 0 amide bonds. The Morgan fingerprint density at radius 2 is 1.89 bits per heavy atom. The lowest BCUT2D eigenvalue weighted by molar-refractivity contribution is 0.688. The van der Waals surface area contributed by atoms with E-state index >= 15 is 0 Å². The van der Waals surface area contributed by atoms with E-state index in [1.54, 1.807) is 12.3 Å². The summed E-state index contributed by atoms with van der Waals surface area (Å²) in [5.74, 6) is 0. The van der Waals surface area contributed by atoms with Crippen molar-refractivity contribution in [3.05, 3.63) is 62.3 Å². The Labute approximate surface area is 124 Å². The first-order chi connectivity index (χ1) is 8.61. The minimum absolute atomic E-state index is 0.0322. The molecule has 0 aliphatic carbocycles. The highest BCUT2D eigenvalue weighted by molar-refractivity contribution is 9.10. The largest absolute Gasteiger partial charge is 0.309 e. The van der Waals surface area contributed by atoms with Gasteiger partial charge in [0.2, 0.25) is 0 Å². The van der Waals surface area contributed by atoms with Gasteiger partial charge in [0.25, 0.3) is 0 Å². The van der Waals surface area contributed by atoms with Crippen molar-refractivity contribution in [3.8, 4) is 0 Å². The predicted octanol–water partition coefficient (Wildman–Crippen LogP) is 4.46. The number of halogens is 3. The molecule has 1 heterocycles. The number of hydrogen-bond acceptors (Lipinski definition) is 2. The van der Waals surface area contributed by atoms with Gasteiger partial charge in [-0.15, -0.1) is 0 Å².